The smallest absolute Gasteiger partial charge is 0.251 e. The van der Waals surface area contributed by atoms with Crippen LogP contribution in [-0.2, 0) is 4.74 Å². The third-order valence-corrected chi connectivity index (χ3v) is 3.47. The molecule has 1 aliphatic heterocycles. The van der Waals surface area contributed by atoms with Crippen LogP contribution in [-0.4, -0.2) is 42.5 Å². The Morgan fingerprint density at radius 3 is 2.81 bits per heavy atom. The Morgan fingerprint density at radius 1 is 1.43 bits per heavy atom. The number of aliphatic hydroxyl groups is 1. The number of hydrogen-bond acceptors (Lipinski definition) is 4. The molecule has 0 atom stereocenters. The maximum atomic E-state index is 12.2. The Labute approximate surface area is 125 Å². The van der Waals surface area contributed by atoms with E-state index in [-0.39, 0.29) is 18.6 Å². The Kier molecular flexibility index (Phi) is 5.20. The Hall–Kier alpha value is -1.59. The summed E-state index contributed by atoms with van der Waals surface area (Å²) >= 11 is 0. The Bertz CT molecular complexity index is 481. The third kappa shape index (κ3) is 4.72. The largest absolute Gasteiger partial charge is 0.491 e. The van der Waals surface area contributed by atoms with Crippen molar-refractivity contribution in [3.63, 3.8) is 0 Å². The van der Waals surface area contributed by atoms with Gasteiger partial charge in [-0.25, -0.2) is 0 Å². The highest BCUT2D eigenvalue weighted by atomic mass is 16.5. The van der Waals surface area contributed by atoms with E-state index in [9.17, 15) is 9.90 Å². The van der Waals surface area contributed by atoms with Crippen LogP contribution in [0.2, 0.25) is 0 Å². The molecule has 0 radical (unpaired) electrons. The summed E-state index contributed by atoms with van der Waals surface area (Å²) < 4.78 is 10.8. The first kappa shape index (κ1) is 15.8. The number of benzene rings is 1. The van der Waals surface area contributed by atoms with Gasteiger partial charge in [0.05, 0.1) is 11.7 Å². The predicted octanol–water partition coefficient (Wildman–Crippen LogP) is 1.75. The van der Waals surface area contributed by atoms with Crippen LogP contribution in [0.25, 0.3) is 0 Å². The van der Waals surface area contributed by atoms with Crippen molar-refractivity contribution in [2.75, 3.05) is 19.8 Å². The highest BCUT2D eigenvalue weighted by Gasteiger charge is 2.30. The zero-order valence-corrected chi connectivity index (χ0v) is 12.6. The molecule has 0 bridgehead atoms. The zero-order valence-electron chi connectivity index (χ0n) is 12.6. The quantitative estimate of drug-likeness (QED) is 0.868. The fourth-order valence-electron chi connectivity index (χ4n) is 2.26. The van der Waals surface area contributed by atoms with Crippen LogP contribution in [0.5, 0.6) is 5.75 Å². The second-order valence-electron chi connectivity index (χ2n) is 5.71. The van der Waals surface area contributed by atoms with Crippen LogP contribution in [0.3, 0.4) is 0 Å². The second-order valence-corrected chi connectivity index (χ2v) is 5.71. The molecular weight excluding hydrogens is 270 g/mol. The molecule has 0 aliphatic carbocycles. The van der Waals surface area contributed by atoms with Gasteiger partial charge in [-0.15, -0.1) is 0 Å². The number of amides is 1. The molecular formula is C16H23NO4. The van der Waals surface area contributed by atoms with Crippen molar-refractivity contribution in [2.45, 2.75) is 38.4 Å². The van der Waals surface area contributed by atoms with Crippen molar-refractivity contribution in [3.05, 3.63) is 29.8 Å². The van der Waals surface area contributed by atoms with Crippen molar-refractivity contribution in [1.29, 1.82) is 0 Å². The molecule has 0 saturated carbocycles. The number of hydrogen-bond donors (Lipinski definition) is 2. The maximum absolute atomic E-state index is 12.2. The normalized spacial score (nSPS) is 17.5. The van der Waals surface area contributed by atoms with E-state index in [0.29, 0.717) is 37.4 Å². The lowest BCUT2D eigenvalue weighted by atomic mass is 9.94. The first-order chi connectivity index (χ1) is 9.98. The molecule has 0 aromatic heterocycles. The Balaban J connectivity index is 1.93. The van der Waals surface area contributed by atoms with Crippen molar-refractivity contribution in [1.82, 2.24) is 5.32 Å². The first-order valence-corrected chi connectivity index (χ1v) is 7.34. The van der Waals surface area contributed by atoms with Crippen LogP contribution in [0.4, 0.5) is 0 Å². The molecule has 1 heterocycles. The number of rotatable bonds is 5. The molecule has 1 aromatic rings. The van der Waals surface area contributed by atoms with Gasteiger partial charge < -0.3 is 19.9 Å². The number of carbonyl (C=O) groups excluding carboxylic acids is 1. The average Bonchev–Trinajstić information content (AvgIpc) is 2.45. The van der Waals surface area contributed by atoms with Crippen molar-refractivity contribution >= 4 is 5.91 Å². The van der Waals surface area contributed by atoms with Gasteiger partial charge in [0.1, 0.15) is 5.75 Å². The van der Waals surface area contributed by atoms with E-state index in [1.54, 1.807) is 18.2 Å². The molecule has 2 N–H and O–H groups in total. The van der Waals surface area contributed by atoms with Crippen molar-refractivity contribution < 1.29 is 19.4 Å². The van der Waals surface area contributed by atoms with Gasteiger partial charge in [0.15, 0.2) is 0 Å². The molecule has 1 aromatic carbocycles. The highest BCUT2D eigenvalue weighted by molar-refractivity contribution is 5.94. The SMILES string of the molecule is CC(C)Oc1cccc(C(=O)NCC2(O)CCOCC2)c1. The van der Waals surface area contributed by atoms with Crippen LogP contribution >= 0.6 is 0 Å². The summed E-state index contributed by atoms with van der Waals surface area (Å²) in [6.45, 7) is 5.18. The second kappa shape index (κ2) is 6.91. The van der Waals surface area contributed by atoms with Crippen molar-refractivity contribution in [3.8, 4) is 5.75 Å². The molecule has 21 heavy (non-hydrogen) atoms. The third-order valence-electron chi connectivity index (χ3n) is 3.47. The summed E-state index contributed by atoms with van der Waals surface area (Å²) in [4.78, 5) is 12.2. The van der Waals surface area contributed by atoms with Crippen LogP contribution in [0.1, 0.15) is 37.0 Å². The van der Waals surface area contributed by atoms with Gasteiger partial charge in [-0.1, -0.05) is 6.07 Å². The molecule has 1 amide bonds. The standard InChI is InChI=1S/C16H23NO4/c1-12(2)21-14-5-3-4-13(10-14)15(18)17-11-16(19)6-8-20-9-7-16/h3-5,10,12,19H,6-9,11H2,1-2H3,(H,17,18). The molecule has 5 nitrogen and oxygen atoms in total. The van der Waals surface area contributed by atoms with E-state index < -0.39 is 5.60 Å². The van der Waals surface area contributed by atoms with E-state index in [0.717, 1.165) is 0 Å². The number of carbonyl (C=O) groups is 1. The minimum atomic E-state index is -0.861. The van der Waals surface area contributed by atoms with E-state index >= 15 is 0 Å². The Morgan fingerprint density at radius 2 is 2.14 bits per heavy atom. The summed E-state index contributed by atoms with van der Waals surface area (Å²) in [6.07, 6.45) is 1.15. The van der Waals surface area contributed by atoms with Gasteiger partial charge in [0.2, 0.25) is 0 Å². The molecule has 1 saturated heterocycles. The molecule has 116 valence electrons. The van der Waals surface area contributed by atoms with Crippen LogP contribution in [0, 0.1) is 0 Å². The van der Waals surface area contributed by atoms with Gasteiger partial charge in [-0.05, 0) is 32.0 Å². The molecule has 1 fully saturated rings. The van der Waals surface area contributed by atoms with E-state index in [4.69, 9.17) is 9.47 Å². The molecule has 2 rings (SSSR count). The summed E-state index contributed by atoms with van der Waals surface area (Å²) in [7, 11) is 0. The number of ether oxygens (including phenoxy) is 2. The van der Waals surface area contributed by atoms with Gasteiger partial charge in [0.25, 0.3) is 5.91 Å². The first-order valence-electron chi connectivity index (χ1n) is 7.34. The fraction of sp³-hybridized carbons (Fsp3) is 0.562. The van der Waals surface area contributed by atoms with Gasteiger partial charge >= 0.3 is 0 Å². The molecule has 5 heteroatoms. The maximum Gasteiger partial charge on any atom is 0.251 e. The van der Waals surface area contributed by atoms with Gasteiger partial charge in [0, 0.05) is 38.2 Å². The lowest BCUT2D eigenvalue weighted by Crippen LogP contribution is -2.46. The van der Waals surface area contributed by atoms with E-state index in [1.165, 1.54) is 0 Å². The van der Waals surface area contributed by atoms with E-state index in [1.807, 2.05) is 19.9 Å². The van der Waals surface area contributed by atoms with Crippen molar-refractivity contribution in [2.24, 2.45) is 0 Å². The molecule has 0 spiro atoms. The topological polar surface area (TPSA) is 67.8 Å². The molecule has 1 aliphatic rings. The zero-order chi connectivity index (χ0) is 15.3. The summed E-state index contributed by atoms with van der Waals surface area (Å²) in [6, 6.07) is 7.05. The summed E-state index contributed by atoms with van der Waals surface area (Å²) in [5, 5.41) is 13.1. The summed E-state index contributed by atoms with van der Waals surface area (Å²) in [5.41, 5.74) is -0.330. The summed E-state index contributed by atoms with van der Waals surface area (Å²) in [5.74, 6) is 0.464. The van der Waals surface area contributed by atoms with Gasteiger partial charge in [-0.2, -0.15) is 0 Å². The number of nitrogens with one attached hydrogen (secondary N) is 1. The average molecular weight is 293 g/mol. The lowest BCUT2D eigenvalue weighted by molar-refractivity contribution is -0.0605. The lowest BCUT2D eigenvalue weighted by Gasteiger charge is -2.32. The highest BCUT2D eigenvalue weighted by Crippen LogP contribution is 2.20. The predicted molar refractivity (Wildman–Crippen MR) is 79.5 cm³/mol. The van der Waals surface area contributed by atoms with Gasteiger partial charge in [-0.3, -0.25) is 4.79 Å². The minimum Gasteiger partial charge on any atom is -0.491 e. The van der Waals surface area contributed by atoms with Crippen LogP contribution in [0.15, 0.2) is 24.3 Å². The minimum absolute atomic E-state index is 0.0614. The monoisotopic (exact) mass is 293 g/mol. The van der Waals surface area contributed by atoms with Crippen LogP contribution < -0.4 is 10.1 Å². The molecule has 0 unspecified atom stereocenters. The van der Waals surface area contributed by atoms with E-state index in [2.05, 4.69) is 5.32 Å². The fourth-order valence-corrected chi connectivity index (χ4v) is 2.26.